The number of ketones is 1. The lowest BCUT2D eigenvalue weighted by Gasteiger charge is -2.15. The number of carboxylic acids is 1. The molecule has 0 aliphatic carbocycles. The maximum Gasteiger partial charge on any atom is 0.335 e. The van der Waals surface area contributed by atoms with Gasteiger partial charge in [0.1, 0.15) is 5.75 Å². The smallest absolute Gasteiger partial charge is 0.335 e. The van der Waals surface area contributed by atoms with Gasteiger partial charge in [0.25, 0.3) is 9.05 Å². The number of halogens is 1. The lowest BCUT2D eigenvalue weighted by Crippen LogP contribution is -2.13. The van der Waals surface area contributed by atoms with Crippen molar-refractivity contribution >= 4 is 31.5 Å². The molecule has 0 aliphatic rings. The second-order valence-electron chi connectivity index (χ2n) is 5.49. The molecule has 2 aromatic carbocycles. The van der Waals surface area contributed by atoms with Crippen LogP contribution in [0.25, 0.3) is 0 Å². The van der Waals surface area contributed by atoms with Gasteiger partial charge in [-0.25, -0.2) is 13.2 Å². The molecule has 0 aliphatic heterocycles. The summed E-state index contributed by atoms with van der Waals surface area (Å²) < 4.78 is 29.6. The summed E-state index contributed by atoms with van der Waals surface area (Å²) in [7, 11) is 1.09. The Morgan fingerprint density at radius 3 is 2.31 bits per heavy atom. The lowest BCUT2D eigenvalue weighted by atomic mass is 10.0. The summed E-state index contributed by atoms with van der Waals surface area (Å²) in [5, 5.41) is 9.24. The van der Waals surface area contributed by atoms with Crippen molar-refractivity contribution in [3.63, 3.8) is 0 Å². The lowest BCUT2D eigenvalue weighted by molar-refractivity contribution is 0.0695. The monoisotopic (exact) mass is 396 g/mol. The predicted octanol–water partition coefficient (Wildman–Crippen LogP) is 3.72. The fraction of sp³-hybridized carbons (Fsp3) is 0.222. The van der Waals surface area contributed by atoms with Crippen molar-refractivity contribution in [2.24, 2.45) is 0 Å². The first-order chi connectivity index (χ1) is 12.3. The maximum atomic E-state index is 12.9. The predicted molar refractivity (Wildman–Crippen MR) is 96.7 cm³/mol. The first-order valence-electron chi connectivity index (χ1n) is 7.84. The zero-order valence-corrected chi connectivity index (χ0v) is 15.5. The first-order valence-corrected chi connectivity index (χ1v) is 10.1. The standard InChI is InChI=1S/C18H17ClO6S/c1-2-3-9-25-14-10-13(18(21)22)11-15(26(19,23)24)16(14)17(20)12-7-5-4-6-8-12/h4-8,10-11H,2-3,9H2,1H3,(H,21,22). The van der Waals surface area contributed by atoms with Crippen molar-refractivity contribution < 1.29 is 27.9 Å². The van der Waals surface area contributed by atoms with Crippen molar-refractivity contribution in [3.8, 4) is 5.75 Å². The van der Waals surface area contributed by atoms with Gasteiger partial charge in [0, 0.05) is 16.2 Å². The molecular formula is C18H17ClO6S. The molecule has 0 bridgehead atoms. The Labute approximate surface area is 155 Å². The topological polar surface area (TPSA) is 97.7 Å². The molecule has 0 saturated carbocycles. The molecule has 26 heavy (non-hydrogen) atoms. The van der Waals surface area contributed by atoms with Gasteiger partial charge >= 0.3 is 5.97 Å². The quantitative estimate of drug-likeness (QED) is 0.415. The molecule has 2 rings (SSSR count). The Bertz CT molecular complexity index is 922. The highest BCUT2D eigenvalue weighted by Crippen LogP contribution is 2.33. The van der Waals surface area contributed by atoms with Gasteiger partial charge in [-0.15, -0.1) is 0 Å². The van der Waals surface area contributed by atoms with E-state index in [-0.39, 0.29) is 29.0 Å². The van der Waals surface area contributed by atoms with Crippen LogP contribution in [0, 0.1) is 0 Å². The van der Waals surface area contributed by atoms with Crippen molar-refractivity contribution in [1.82, 2.24) is 0 Å². The van der Waals surface area contributed by atoms with Crippen LogP contribution in [0.1, 0.15) is 46.0 Å². The van der Waals surface area contributed by atoms with Gasteiger partial charge in [-0.2, -0.15) is 0 Å². The molecule has 0 spiro atoms. The summed E-state index contributed by atoms with van der Waals surface area (Å²) in [6.45, 7) is 2.14. The molecule has 2 aromatic rings. The average molecular weight is 397 g/mol. The number of carbonyl (C=O) groups excluding carboxylic acids is 1. The number of hydrogen-bond donors (Lipinski definition) is 1. The van der Waals surface area contributed by atoms with Gasteiger partial charge in [-0.05, 0) is 18.6 Å². The largest absolute Gasteiger partial charge is 0.493 e. The SMILES string of the molecule is CCCCOc1cc(C(=O)O)cc(S(=O)(=O)Cl)c1C(=O)c1ccccc1. The summed E-state index contributed by atoms with van der Waals surface area (Å²) in [6, 6.07) is 10.0. The molecule has 0 heterocycles. The molecule has 0 radical (unpaired) electrons. The minimum absolute atomic E-state index is 0.119. The minimum atomic E-state index is -4.39. The molecule has 0 fully saturated rings. The highest BCUT2D eigenvalue weighted by atomic mass is 35.7. The molecule has 8 heteroatoms. The Kier molecular flexibility index (Phi) is 6.39. The third-order valence-corrected chi connectivity index (χ3v) is 4.94. The van der Waals surface area contributed by atoms with Crippen molar-refractivity contribution in [3.05, 3.63) is 59.2 Å². The number of hydrogen-bond acceptors (Lipinski definition) is 5. The zero-order valence-electron chi connectivity index (χ0n) is 13.9. The van der Waals surface area contributed by atoms with Crippen LogP contribution in [0.15, 0.2) is 47.4 Å². The van der Waals surface area contributed by atoms with Gasteiger partial charge < -0.3 is 9.84 Å². The van der Waals surface area contributed by atoms with Crippen LogP contribution in [-0.4, -0.2) is 31.9 Å². The van der Waals surface area contributed by atoms with Gasteiger partial charge in [-0.1, -0.05) is 43.7 Å². The molecule has 6 nitrogen and oxygen atoms in total. The van der Waals surface area contributed by atoms with E-state index in [0.717, 1.165) is 18.6 Å². The summed E-state index contributed by atoms with van der Waals surface area (Å²) in [4.78, 5) is 23.6. The second-order valence-corrected chi connectivity index (χ2v) is 8.02. The fourth-order valence-corrected chi connectivity index (χ4v) is 3.37. The minimum Gasteiger partial charge on any atom is -0.493 e. The van der Waals surface area contributed by atoms with Crippen LogP contribution in [0.3, 0.4) is 0 Å². The number of unbranched alkanes of at least 4 members (excludes halogenated alkanes) is 1. The van der Waals surface area contributed by atoms with Gasteiger partial charge in [0.2, 0.25) is 0 Å². The Morgan fingerprint density at radius 2 is 1.77 bits per heavy atom. The molecule has 1 N–H and O–H groups in total. The molecule has 0 amide bonds. The Morgan fingerprint density at radius 1 is 1.12 bits per heavy atom. The molecular weight excluding hydrogens is 380 g/mol. The third-order valence-electron chi connectivity index (χ3n) is 3.59. The number of aromatic carboxylic acids is 1. The van der Waals surface area contributed by atoms with E-state index in [1.165, 1.54) is 12.1 Å². The van der Waals surface area contributed by atoms with Crippen molar-refractivity contribution in [1.29, 1.82) is 0 Å². The summed E-state index contributed by atoms with van der Waals surface area (Å²) in [5.74, 6) is -2.09. The molecule has 0 saturated heterocycles. The normalized spacial score (nSPS) is 11.2. The van der Waals surface area contributed by atoms with E-state index < -0.39 is 25.7 Å². The molecule has 138 valence electrons. The number of carbonyl (C=O) groups is 2. The van der Waals surface area contributed by atoms with Crippen LogP contribution >= 0.6 is 10.7 Å². The zero-order chi connectivity index (χ0) is 19.3. The van der Waals surface area contributed by atoms with E-state index >= 15 is 0 Å². The Balaban J connectivity index is 2.72. The van der Waals surface area contributed by atoms with Crippen LogP contribution in [0.5, 0.6) is 5.75 Å². The number of carboxylic acid groups (broad SMARTS) is 1. The van der Waals surface area contributed by atoms with E-state index in [1.54, 1.807) is 18.2 Å². The van der Waals surface area contributed by atoms with E-state index in [9.17, 15) is 23.1 Å². The average Bonchev–Trinajstić information content (AvgIpc) is 2.60. The number of rotatable bonds is 8. The van der Waals surface area contributed by atoms with E-state index in [4.69, 9.17) is 15.4 Å². The highest BCUT2D eigenvalue weighted by molar-refractivity contribution is 8.13. The van der Waals surface area contributed by atoms with Crippen molar-refractivity contribution in [2.75, 3.05) is 6.61 Å². The maximum absolute atomic E-state index is 12.9. The highest BCUT2D eigenvalue weighted by Gasteiger charge is 2.28. The summed E-state index contributed by atoms with van der Waals surface area (Å²) >= 11 is 0. The third kappa shape index (κ3) is 4.62. The van der Waals surface area contributed by atoms with Crippen LogP contribution in [0.4, 0.5) is 0 Å². The Hall–Kier alpha value is -2.38. The van der Waals surface area contributed by atoms with Gasteiger partial charge in [-0.3, -0.25) is 4.79 Å². The van der Waals surface area contributed by atoms with Gasteiger partial charge in [0.15, 0.2) is 5.78 Å². The summed E-state index contributed by atoms with van der Waals surface area (Å²) in [6.07, 6.45) is 1.46. The second kappa shape index (κ2) is 8.33. The van der Waals surface area contributed by atoms with Crippen molar-refractivity contribution in [2.45, 2.75) is 24.7 Å². The van der Waals surface area contributed by atoms with Gasteiger partial charge in [0.05, 0.1) is 22.6 Å². The fourth-order valence-electron chi connectivity index (χ4n) is 2.30. The number of ether oxygens (including phenoxy) is 1. The van der Waals surface area contributed by atoms with E-state index in [2.05, 4.69) is 0 Å². The van der Waals surface area contributed by atoms with E-state index in [1.807, 2.05) is 6.92 Å². The molecule has 0 unspecified atom stereocenters. The summed E-state index contributed by atoms with van der Waals surface area (Å²) in [5.41, 5.74) is -0.370. The first kappa shape index (κ1) is 19.9. The van der Waals surface area contributed by atoms with Crippen LogP contribution in [0.2, 0.25) is 0 Å². The van der Waals surface area contributed by atoms with E-state index in [0.29, 0.717) is 6.42 Å². The molecule has 0 aromatic heterocycles. The molecule has 0 atom stereocenters. The van der Waals surface area contributed by atoms with Crippen LogP contribution < -0.4 is 4.74 Å². The van der Waals surface area contributed by atoms with Crippen LogP contribution in [-0.2, 0) is 9.05 Å². The number of benzene rings is 2.